The average Bonchev–Trinajstić information content (AvgIpc) is 3.09. The Balaban J connectivity index is 1.77. The number of rotatable bonds is 4. The first-order valence-electron chi connectivity index (χ1n) is 7.78. The van der Waals surface area contributed by atoms with Gasteiger partial charge in [0.05, 0.1) is 32.4 Å². The van der Waals surface area contributed by atoms with Crippen molar-refractivity contribution in [3.8, 4) is 11.4 Å². The van der Waals surface area contributed by atoms with E-state index in [1.807, 2.05) is 0 Å². The predicted octanol–water partition coefficient (Wildman–Crippen LogP) is 2.13. The van der Waals surface area contributed by atoms with Crippen LogP contribution < -0.4 is 0 Å². The molecule has 0 amide bonds. The summed E-state index contributed by atoms with van der Waals surface area (Å²) in [4.78, 5) is 17.7. The number of carbonyl (C=O) groups is 1. The molecule has 0 saturated carbocycles. The van der Waals surface area contributed by atoms with Gasteiger partial charge in [0.15, 0.2) is 0 Å². The zero-order valence-corrected chi connectivity index (χ0v) is 13.8. The number of methoxy groups -OCH3 is 1. The molecule has 2 aromatic rings. The molecule has 140 valence electrons. The van der Waals surface area contributed by atoms with Crippen LogP contribution in [0.3, 0.4) is 0 Å². The quantitative estimate of drug-likeness (QED) is 0.762. The van der Waals surface area contributed by atoms with Gasteiger partial charge in [0.25, 0.3) is 0 Å². The van der Waals surface area contributed by atoms with E-state index >= 15 is 0 Å². The van der Waals surface area contributed by atoms with Crippen molar-refractivity contribution >= 4 is 5.97 Å². The molecule has 1 aliphatic rings. The highest BCUT2D eigenvalue weighted by Crippen LogP contribution is 2.31. The number of esters is 1. The number of morpholine rings is 1. The van der Waals surface area contributed by atoms with Crippen LogP contribution in [0.2, 0.25) is 0 Å². The fourth-order valence-corrected chi connectivity index (χ4v) is 2.63. The summed E-state index contributed by atoms with van der Waals surface area (Å²) < 4.78 is 53.6. The molecule has 7 nitrogen and oxygen atoms in total. The Morgan fingerprint density at radius 3 is 2.96 bits per heavy atom. The standard InChI is InChI=1S/C16H16F3N3O4/c1-24-15(23)12-9-25-6-5-22(12)8-13-20-14(21-26-13)10-3-2-4-11(7-10)16(17,18)19/h2-4,7,12H,5-6,8-9H2,1H3/t12-/m0/s1. The first-order chi connectivity index (χ1) is 12.4. The molecule has 0 unspecified atom stereocenters. The molecule has 1 fully saturated rings. The van der Waals surface area contributed by atoms with Crippen molar-refractivity contribution in [1.29, 1.82) is 0 Å². The van der Waals surface area contributed by atoms with Gasteiger partial charge in [-0.1, -0.05) is 17.3 Å². The normalized spacial score (nSPS) is 18.7. The monoisotopic (exact) mass is 371 g/mol. The molecule has 1 aliphatic heterocycles. The molecule has 1 atom stereocenters. The minimum Gasteiger partial charge on any atom is -0.468 e. The minimum absolute atomic E-state index is 0.0500. The third kappa shape index (κ3) is 4.02. The summed E-state index contributed by atoms with van der Waals surface area (Å²) in [5.41, 5.74) is -0.596. The van der Waals surface area contributed by atoms with Gasteiger partial charge in [-0.05, 0) is 12.1 Å². The van der Waals surface area contributed by atoms with E-state index in [-0.39, 0.29) is 30.4 Å². The van der Waals surface area contributed by atoms with Crippen molar-refractivity contribution in [2.45, 2.75) is 18.8 Å². The fourth-order valence-electron chi connectivity index (χ4n) is 2.63. The molecular formula is C16H16F3N3O4. The highest BCUT2D eigenvalue weighted by molar-refractivity contribution is 5.75. The molecule has 0 bridgehead atoms. The maximum atomic E-state index is 12.8. The number of nitrogens with zero attached hydrogens (tertiary/aromatic N) is 3. The van der Waals surface area contributed by atoms with Crippen LogP contribution in [-0.2, 0) is 27.0 Å². The van der Waals surface area contributed by atoms with Crippen molar-refractivity contribution in [1.82, 2.24) is 15.0 Å². The molecule has 10 heteroatoms. The summed E-state index contributed by atoms with van der Waals surface area (Å²) in [5, 5.41) is 3.74. The van der Waals surface area contributed by atoms with Gasteiger partial charge in [0.2, 0.25) is 11.7 Å². The molecule has 2 heterocycles. The summed E-state index contributed by atoms with van der Waals surface area (Å²) in [5.74, 6) is -0.204. The molecule has 1 saturated heterocycles. The SMILES string of the molecule is COC(=O)[C@@H]1COCCN1Cc1nc(-c2cccc(C(F)(F)F)c2)no1. The minimum atomic E-state index is -4.45. The zero-order valence-electron chi connectivity index (χ0n) is 13.8. The van der Waals surface area contributed by atoms with E-state index < -0.39 is 23.8 Å². The number of halogens is 3. The van der Waals surface area contributed by atoms with Crippen LogP contribution >= 0.6 is 0 Å². The van der Waals surface area contributed by atoms with Gasteiger partial charge in [-0.2, -0.15) is 18.2 Å². The van der Waals surface area contributed by atoms with E-state index in [2.05, 4.69) is 10.1 Å². The second-order valence-electron chi connectivity index (χ2n) is 5.67. The maximum Gasteiger partial charge on any atom is 0.416 e. The van der Waals surface area contributed by atoms with Gasteiger partial charge < -0.3 is 14.0 Å². The lowest BCUT2D eigenvalue weighted by Gasteiger charge is -2.32. The number of alkyl halides is 3. The third-order valence-corrected chi connectivity index (χ3v) is 3.97. The largest absolute Gasteiger partial charge is 0.468 e. The van der Waals surface area contributed by atoms with Crippen LogP contribution in [0.5, 0.6) is 0 Å². The number of ether oxygens (including phenoxy) is 2. The second kappa shape index (κ2) is 7.42. The Morgan fingerprint density at radius 2 is 2.23 bits per heavy atom. The first-order valence-corrected chi connectivity index (χ1v) is 7.78. The third-order valence-electron chi connectivity index (χ3n) is 3.97. The fraction of sp³-hybridized carbons (Fsp3) is 0.438. The predicted molar refractivity (Wildman–Crippen MR) is 81.8 cm³/mol. The van der Waals surface area contributed by atoms with Crippen LogP contribution in [0.1, 0.15) is 11.5 Å². The van der Waals surface area contributed by atoms with E-state index in [0.29, 0.717) is 13.2 Å². The molecular weight excluding hydrogens is 355 g/mol. The summed E-state index contributed by atoms with van der Waals surface area (Å²) in [6, 6.07) is 4.08. The first kappa shape index (κ1) is 18.3. The van der Waals surface area contributed by atoms with Crippen LogP contribution in [0.4, 0.5) is 13.2 Å². The topological polar surface area (TPSA) is 77.7 Å². The smallest absolute Gasteiger partial charge is 0.416 e. The van der Waals surface area contributed by atoms with E-state index in [1.54, 1.807) is 4.90 Å². The number of benzene rings is 1. The van der Waals surface area contributed by atoms with Crippen molar-refractivity contribution in [2.75, 3.05) is 26.9 Å². The molecule has 0 N–H and O–H groups in total. The number of hydrogen-bond acceptors (Lipinski definition) is 7. The van der Waals surface area contributed by atoms with E-state index in [4.69, 9.17) is 14.0 Å². The van der Waals surface area contributed by atoms with Crippen LogP contribution in [0.25, 0.3) is 11.4 Å². The maximum absolute atomic E-state index is 12.8. The number of aromatic nitrogens is 2. The second-order valence-corrected chi connectivity index (χ2v) is 5.67. The van der Waals surface area contributed by atoms with E-state index in [9.17, 15) is 18.0 Å². The van der Waals surface area contributed by atoms with Gasteiger partial charge in [0, 0.05) is 12.1 Å². The van der Waals surface area contributed by atoms with Crippen LogP contribution in [0.15, 0.2) is 28.8 Å². The van der Waals surface area contributed by atoms with Crippen molar-refractivity contribution < 1.29 is 32.0 Å². The van der Waals surface area contributed by atoms with E-state index in [1.165, 1.54) is 19.2 Å². The lowest BCUT2D eigenvalue weighted by molar-refractivity contribution is -0.154. The van der Waals surface area contributed by atoms with Crippen molar-refractivity contribution in [3.05, 3.63) is 35.7 Å². The summed E-state index contributed by atoms with van der Waals surface area (Å²) in [6.45, 7) is 1.24. The molecule has 26 heavy (non-hydrogen) atoms. The Bertz CT molecular complexity index is 778. The van der Waals surface area contributed by atoms with Gasteiger partial charge in [0.1, 0.15) is 6.04 Å². The van der Waals surface area contributed by atoms with Crippen LogP contribution in [-0.4, -0.2) is 53.9 Å². The van der Waals surface area contributed by atoms with Gasteiger partial charge in [-0.3, -0.25) is 9.69 Å². The highest BCUT2D eigenvalue weighted by atomic mass is 19.4. The highest BCUT2D eigenvalue weighted by Gasteiger charge is 2.32. The number of carbonyl (C=O) groups excluding carboxylic acids is 1. The van der Waals surface area contributed by atoms with Crippen molar-refractivity contribution in [2.24, 2.45) is 0 Å². The lowest BCUT2D eigenvalue weighted by atomic mass is 10.1. The molecule has 3 rings (SSSR count). The lowest BCUT2D eigenvalue weighted by Crippen LogP contribution is -2.49. The molecule has 0 spiro atoms. The number of hydrogen-bond donors (Lipinski definition) is 0. The van der Waals surface area contributed by atoms with Gasteiger partial charge in [-0.15, -0.1) is 0 Å². The van der Waals surface area contributed by atoms with E-state index in [0.717, 1.165) is 12.1 Å². The average molecular weight is 371 g/mol. The molecule has 0 radical (unpaired) electrons. The van der Waals surface area contributed by atoms with Gasteiger partial charge in [-0.25, -0.2) is 0 Å². The summed E-state index contributed by atoms with van der Waals surface area (Å²) in [7, 11) is 1.29. The molecule has 1 aromatic carbocycles. The Hall–Kier alpha value is -2.46. The molecule has 1 aromatic heterocycles. The Morgan fingerprint density at radius 1 is 1.42 bits per heavy atom. The Kier molecular flexibility index (Phi) is 5.23. The van der Waals surface area contributed by atoms with Crippen molar-refractivity contribution in [3.63, 3.8) is 0 Å². The summed E-state index contributed by atoms with van der Waals surface area (Å²) >= 11 is 0. The van der Waals surface area contributed by atoms with Gasteiger partial charge >= 0.3 is 12.1 Å². The molecule has 0 aliphatic carbocycles. The summed E-state index contributed by atoms with van der Waals surface area (Å²) in [6.07, 6.45) is -4.45. The zero-order chi connectivity index (χ0) is 18.7. The van der Waals surface area contributed by atoms with Crippen LogP contribution in [0, 0.1) is 0 Å². The Labute approximate surface area is 146 Å².